The quantitative estimate of drug-likeness (QED) is 0.707. The van der Waals surface area contributed by atoms with Crippen molar-refractivity contribution in [3.8, 4) is 0 Å². The van der Waals surface area contributed by atoms with Gasteiger partial charge in [0, 0.05) is 31.2 Å². The van der Waals surface area contributed by atoms with Crippen LogP contribution in [-0.4, -0.2) is 43.2 Å². The molecule has 0 unspecified atom stereocenters. The minimum Gasteiger partial charge on any atom is -0.338 e. The van der Waals surface area contributed by atoms with Gasteiger partial charge in [0.05, 0.1) is 10.9 Å². The van der Waals surface area contributed by atoms with Gasteiger partial charge in [-0.2, -0.15) is 4.31 Å². The number of piperidine rings is 1. The predicted molar refractivity (Wildman–Crippen MR) is 114 cm³/mol. The number of benzene rings is 2. The molecule has 1 fully saturated rings. The summed E-state index contributed by atoms with van der Waals surface area (Å²) in [5, 5.41) is 0.445. The Kier molecular flexibility index (Phi) is 5.89. The smallest absolute Gasteiger partial charge is 0.244 e. The van der Waals surface area contributed by atoms with Gasteiger partial charge in [-0.25, -0.2) is 8.42 Å². The Bertz CT molecular complexity index is 1040. The van der Waals surface area contributed by atoms with Crippen molar-refractivity contribution in [1.82, 2.24) is 9.21 Å². The van der Waals surface area contributed by atoms with Crippen LogP contribution in [0.5, 0.6) is 0 Å². The van der Waals surface area contributed by atoms with Crippen LogP contribution in [0.25, 0.3) is 0 Å². The van der Waals surface area contributed by atoms with Crippen LogP contribution in [0.2, 0.25) is 10.0 Å². The number of nitrogens with zero attached hydrogens (tertiary/aromatic N) is 2. The number of sulfonamides is 1. The fraction of sp³-hybridized carbons (Fsp3) is 0.381. The molecule has 154 valence electrons. The standard InChI is InChI=1S/C21H22Cl2N2O3S/c22-18-7-8-19(23)20(12-18)29(27,28)25-10-3-6-17(14-25)21(26)24-11-9-15-4-1-2-5-16(15)13-24/h1-2,4-5,7-8,12,17H,3,6,9-11,13-14H2/t17-/m0/s1. The van der Waals surface area contributed by atoms with E-state index < -0.39 is 10.0 Å². The molecule has 2 aromatic carbocycles. The zero-order chi connectivity index (χ0) is 20.6. The van der Waals surface area contributed by atoms with E-state index in [4.69, 9.17) is 23.2 Å². The van der Waals surface area contributed by atoms with Gasteiger partial charge in [0.2, 0.25) is 15.9 Å². The summed E-state index contributed by atoms with van der Waals surface area (Å²) in [5.41, 5.74) is 2.44. The summed E-state index contributed by atoms with van der Waals surface area (Å²) < 4.78 is 27.6. The van der Waals surface area contributed by atoms with Gasteiger partial charge >= 0.3 is 0 Å². The summed E-state index contributed by atoms with van der Waals surface area (Å²) in [7, 11) is -3.81. The van der Waals surface area contributed by atoms with E-state index in [0.29, 0.717) is 37.5 Å². The monoisotopic (exact) mass is 452 g/mol. The van der Waals surface area contributed by atoms with Crippen LogP contribution in [-0.2, 0) is 27.8 Å². The first kappa shape index (κ1) is 20.7. The minimum absolute atomic E-state index is 0.00772. The third-order valence-electron chi connectivity index (χ3n) is 5.69. The van der Waals surface area contributed by atoms with Gasteiger partial charge in [0.1, 0.15) is 4.90 Å². The van der Waals surface area contributed by atoms with Crippen molar-refractivity contribution in [1.29, 1.82) is 0 Å². The lowest BCUT2D eigenvalue weighted by Crippen LogP contribution is -2.47. The fourth-order valence-corrected chi connectivity index (χ4v) is 6.38. The average Bonchev–Trinajstić information content (AvgIpc) is 2.74. The number of hydrogen-bond donors (Lipinski definition) is 0. The van der Waals surface area contributed by atoms with Gasteiger partial charge in [-0.05, 0) is 48.6 Å². The maximum absolute atomic E-state index is 13.2. The van der Waals surface area contributed by atoms with Gasteiger partial charge in [-0.3, -0.25) is 4.79 Å². The Balaban J connectivity index is 1.51. The Labute approximate surface area is 181 Å². The van der Waals surface area contributed by atoms with Gasteiger partial charge in [0.25, 0.3) is 0 Å². The number of halogens is 2. The number of amides is 1. The van der Waals surface area contributed by atoms with Gasteiger partial charge in [-0.1, -0.05) is 47.5 Å². The van der Waals surface area contributed by atoms with Gasteiger partial charge in [-0.15, -0.1) is 0 Å². The van der Waals surface area contributed by atoms with Crippen LogP contribution < -0.4 is 0 Å². The number of carbonyl (C=O) groups is 1. The Morgan fingerprint density at radius 1 is 1.03 bits per heavy atom. The maximum Gasteiger partial charge on any atom is 0.244 e. The molecule has 2 aromatic rings. The molecule has 29 heavy (non-hydrogen) atoms. The first-order valence-electron chi connectivity index (χ1n) is 9.67. The molecule has 2 aliphatic heterocycles. The van der Waals surface area contributed by atoms with E-state index >= 15 is 0 Å². The second-order valence-electron chi connectivity index (χ2n) is 7.56. The molecular weight excluding hydrogens is 431 g/mol. The molecule has 0 spiro atoms. The summed E-state index contributed by atoms with van der Waals surface area (Å²) in [6, 6.07) is 12.5. The van der Waals surface area contributed by atoms with Gasteiger partial charge in [0.15, 0.2) is 0 Å². The third-order valence-corrected chi connectivity index (χ3v) is 8.27. The lowest BCUT2D eigenvalue weighted by molar-refractivity contribution is -0.137. The Morgan fingerprint density at radius 2 is 1.79 bits per heavy atom. The van der Waals surface area contributed by atoms with E-state index in [-0.39, 0.29) is 28.3 Å². The number of carbonyl (C=O) groups excluding carboxylic acids is 1. The first-order valence-corrected chi connectivity index (χ1v) is 11.9. The third kappa shape index (κ3) is 4.17. The number of fused-ring (bicyclic) bond motifs is 1. The van der Waals surface area contributed by atoms with E-state index in [1.807, 2.05) is 23.1 Å². The van der Waals surface area contributed by atoms with E-state index in [2.05, 4.69) is 6.07 Å². The van der Waals surface area contributed by atoms with Crippen LogP contribution in [0, 0.1) is 5.92 Å². The molecule has 1 amide bonds. The van der Waals surface area contributed by atoms with Crippen molar-refractivity contribution in [3.05, 3.63) is 63.6 Å². The summed E-state index contributed by atoms with van der Waals surface area (Å²) in [6.07, 6.45) is 2.15. The second kappa shape index (κ2) is 8.26. The van der Waals surface area contributed by atoms with Crippen LogP contribution in [0.3, 0.4) is 0 Å². The Hall–Kier alpha value is -1.60. The van der Waals surface area contributed by atoms with E-state index in [0.717, 1.165) is 12.0 Å². The second-order valence-corrected chi connectivity index (χ2v) is 10.3. The molecule has 8 heteroatoms. The molecule has 0 saturated carbocycles. The highest BCUT2D eigenvalue weighted by molar-refractivity contribution is 7.89. The zero-order valence-electron chi connectivity index (χ0n) is 15.9. The summed E-state index contributed by atoms with van der Waals surface area (Å²) >= 11 is 12.1. The van der Waals surface area contributed by atoms with Crippen LogP contribution in [0.4, 0.5) is 0 Å². The number of hydrogen-bond acceptors (Lipinski definition) is 3. The highest BCUT2D eigenvalue weighted by atomic mass is 35.5. The van der Waals surface area contributed by atoms with Crippen molar-refractivity contribution in [2.75, 3.05) is 19.6 Å². The normalized spacial score (nSPS) is 20.3. The predicted octanol–water partition coefficient (Wildman–Crippen LogP) is 3.98. The molecule has 0 aliphatic carbocycles. The molecular formula is C21H22Cl2N2O3S. The largest absolute Gasteiger partial charge is 0.338 e. The lowest BCUT2D eigenvalue weighted by atomic mass is 9.95. The molecule has 1 saturated heterocycles. The van der Waals surface area contributed by atoms with Crippen molar-refractivity contribution >= 4 is 39.1 Å². The minimum atomic E-state index is -3.81. The van der Waals surface area contributed by atoms with Crippen LogP contribution in [0.15, 0.2) is 47.4 Å². The molecule has 0 bridgehead atoms. The van der Waals surface area contributed by atoms with Gasteiger partial charge < -0.3 is 4.90 Å². The maximum atomic E-state index is 13.2. The topological polar surface area (TPSA) is 57.7 Å². The lowest BCUT2D eigenvalue weighted by Gasteiger charge is -2.36. The Morgan fingerprint density at radius 3 is 2.59 bits per heavy atom. The van der Waals surface area contributed by atoms with E-state index in [1.165, 1.54) is 22.0 Å². The summed E-state index contributed by atoms with van der Waals surface area (Å²) in [5.74, 6) is -0.321. The van der Waals surface area contributed by atoms with Crippen LogP contribution in [0.1, 0.15) is 24.0 Å². The van der Waals surface area contributed by atoms with Crippen molar-refractivity contribution in [2.45, 2.75) is 30.7 Å². The molecule has 0 N–H and O–H groups in total. The molecule has 5 nitrogen and oxygen atoms in total. The van der Waals surface area contributed by atoms with Crippen LogP contribution >= 0.6 is 23.2 Å². The number of rotatable bonds is 3. The molecule has 0 radical (unpaired) electrons. The van der Waals surface area contributed by atoms with E-state index in [1.54, 1.807) is 6.07 Å². The highest BCUT2D eigenvalue weighted by Crippen LogP contribution is 2.31. The molecule has 1 atom stereocenters. The van der Waals surface area contributed by atoms with Crippen molar-refractivity contribution < 1.29 is 13.2 Å². The molecule has 2 aliphatic rings. The molecule has 2 heterocycles. The average molecular weight is 453 g/mol. The van der Waals surface area contributed by atoms with Crippen molar-refractivity contribution in [3.63, 3.8) is 0 Å². The summed E-state index contributed by atoms with van der Waals surface area (Å²) in [4.78, 5) is 15.0. The summed E-state index contributed by atoms with van der Waals surface area (Å²) in [6.45, 7) is 1.79. The molecule has 4 rings (SSSR count). The first-order chi connectivity index (χ1) is 13.9. The highest BCUT2D eigenvalue weighted by Gasteiger charge is 2.36. The SMILES string of the molecule is O=C([C@H]1CCCN(S(=O)(=O)c2cc(Cl)ccc2Cl)C1)N1CCc2ccccc2C1. The zero-order valence-corrected chi connectivity index (χ0v) is 18.2. The van der Waals surface area contributed by atoms with Crippen molar-refractivity contribution in [2.24, 2.45) is 5.92 Å². The molecule has 0 aromatic heterocycles. The fourth-order valence-electron chi connectivity index (χ4n) is 4.12. The van der Waals surface area contributed by atoms with E-state index in [9.17, 15) is 13.2 Å².